The molecule has 0 unspecified atom stereocenters. The molecule has 0 bridgehead atoms. The van der Waals surface area contributed by atoms with E-state index < -0.39 is 11.5 Å². The van der Waals surface area contributed by atoms with Crippen LogP contribution in [0.1, 0.15) is 38.0 Å². The summed E-state index contributed by atoms with van der Waals surface area (Å²) in [7, 11) is 0. The zero-order chi connectivity index (χ0) is 22.3. The highest BCUT2D eigenvalue weighted by molar-refractivity contribution is 5.94. The molecule has 168 valence electrons. The van der Waals surface area contributed by atoms with Crippen LogP contribution in [0.2, 0.25) is 0 Å². The summed E-state index contributed by atoms with van der Waals surface area (Å²) in [5.74, 6) is 0.218. The van der Waals surface area contributed by atoms with Crippen molar-refractivity contribution >= 4 is 11.9 Å². The lowest BCUT2D eigenvalue weighted by molar-refractivity contribution is -0.138. The molecule has 2 fully saturated rings. The summed E-state index contributed by atoms with van der Waals surface area (Å²) in [5, 5.41) is 29.7. The molecule has 32 heavy (non-hydrogen) atoms. The quantitative estimate of drug-likeness (QED) is 0.613. The molecule has 1 spiro atoms. The van der Waals surface area contributed by atoms with Crippen molar-refractivity contribution in [3.63, 3.8) is 0 Å². The molecule has 2 aromatic rings. The number of aromatic nitrogens is 6. The van der Waals surface area contributed by atoms with Gasteiger partial charge in [0.25, 0.3) is 0 Å². The average molecular weight is 440 g/mol. The van der Waals surface area contributed by atoms with E-state index in [0.29, 0.717) is 49.0 Å². The lowest BCUT2D eigenvalue weighted by atomic mass is 9.77. The number of hydrogen-bond donors (Lipinski definition) is 1. The monoisotopic (exact) mass is 440 g/mol. The van der Waals surface area contributed by atoms with Gasteiger partial charge in [0.15, 0.2) is 5.82 Å². The van der Waals surface area contributed by atoms with Gasteiger partial charge in [-0.1, -0.05) is 0 Å². The molecular weight excluding hydrogens is 416 g/mol. The Bertz CT molecular complexity index is 1040. The van der Waals surface area contributed by atoms with Crippen molar-refractivity contribution < 1.29 is 19.4 Å². The van der Waals surface area contributed by atoms with Crippen molar-refractivity contribution in [2.45, 2.75) is 32.3 Å². The molecule has 2 saturated heterocycles. The molecular formula is C20H24N8O4. The van der Waals surface area contributed by atoms with Crippen molar-refractivity contribution in [3.8, 4) is 5.82 Å². The van der Waals surface area contributed by atoms with Gasteiger partial charge in [-0.3, -0.25) is 4.79 Å². The first-order valence-corrected chi connectivity index (χ1v) is 10.6. The summed E-state index contributed by atoms with van der Waals surface area (Å²) in [5.41, 5.74) is 1.31. The lowest BCUT2D eigenvalue weighted by Crippen LogP contribution is -2.45. The summed E-state index contributed by atoms with van der Waals surface area (Å²) in [4.78, 5) is 28.8. The van der Waals surface area contributed by atoms with E-state index in [-0.39, 0.29) is 18.5 Å². The number of aliphatic hydroxyl groups excluding tert-OH is 1. The zero-order valence-corrected chi connectivity index (χ0v) is 17.7. The molecule has 1 N–H and O–H groups in total. The van der Waals surface area contributed by atoms with Crippen LogP contribution in [0.25, 0.3) is 5.82 Å². The topological polar surface area (TPSA) is 139 Å². The largest absolute Gasteiger partial charge is 0.456 e. The molecule has 5 heterocycles. The number of carbonyl (C=O) groups excluding carboxylic acids is 2. The predicted octanol–water partition coefficient (Wildman–Crippen LogP) is -0.369. The van der Waals surface area contributed by atoms with E-state index in [1.54, 1.807) is 24.0 Å². The van der Waals surface area contributed by atoms with Crippen molar-refractivity contribution in [2.75, 3.05) is 32.8 Å². The van der Waals surface area contributed by atoms with Gasteiger partial charge >= 0.3 is 5.97 Å². The highest BCUT2D eigenvalue weighted by Crippen LogP contribution is 2.43. The summed E-state index contributed by atoms with van der Waals surface area (Å²) >= 11 is 0. The summed E-state index contributed by atoms with van der Waals surface area (Å²) < 4.78 is 6.47. The smallest absolute Gasteiger partial charge is 0.336 e. The molecule has 5 rings (SSSR count). The summed E-state index contributed by atoms with van der Waals surface area (Å²) in [6, 6.07) is 3.41. The van der Waals surface area contributed by atoms with Gasteiger partial charge in [0.05, 0.1) is 22.4 Å². The Kier molecular flexibility index (Phi) is 5.18. The van der Waals surface area contributed by atoms with Crippen LogP contribution in [-0.2, 0) is 14.3 Å². The van der Waals surface area contributed by atoms with E-state index in [9.17, 15) is 14.7 Å². The Labute approximate surface area is 183 Å². The minimum atomic E-state index is -0.787. The number of esters is 1. The van der Waals surface area contributed by atoms with Gasteiger partial charge in [-0.15, -0.1) is 10.2 Å². The standard InChI is InChI=1S/C20H24N8O4/c1-13-15(11-32-18(13)30)27-9-6-20(19(27)31)4-7-26(8-5-20)10-16(29)14-2-3-17(23-22-14)28-12-21-24-25-28/h2-3,12,16,29H,4-11H2,1H3/t16-/m0/s1. The molecule has 0 aliphatic carbocycles. The van der Waals surface area contributed by atoms with E-state index in [2.05, 4.69) is 30.6 Å². The number of amides is 1. The zero-order valence-electron chi connectivity index (χ0n) is 17.7. The Morgan fingerprint density at radius 3 is 2.56 bits per heavy atom. The minimum absolute atomic E-state index is 0.0920. The van der Waals surface area contributed by atoms with E-state index in [1.807, 2.05) is 0 Å². The third-order valence-corrected chi connectivity index (χ3v) is 6.76. The number of carbonyl (C=O) groups is 2. The highest BCUT2D eigenvalue weighted by Gasteiger charge is 2.50. The highest BCUT2D eigenvalue weighted by atomic mass is 16.5. The second-order valence-electron chi connectivity index (χ2n) is 8.52. The summed E-state index contributed by atoms with van der Waals surface area (Å²) in [6.45, 7) is 4.34. The molecule has 2 aromatic heterocycles. The molecule has 0 saturated carbocycles. The maximum absolute atomic E-state index is 13.2. The molecule has 3 aliphatic rings. The number of rotatable bonds is 5. The van der Waals surface area contributed by atoms with Gasteiger partial charge in [-0.05, 0) is 61.8 Å². The van der Waals surface area contributed by atoms with Gasteiger partial charge < -0.3 is 19.6 Å². The fourth-order valence-corrected chi connectivity index (χ4v) is 4.69. The Balaban J connectivity index is 1.18. The van der Waals surface area contributed by atoms with Gasteiger partial charge in [0.2, 0.25) is 5.91 Å². The fraction of sp³-hybridized carbons (Fsp3) is 0.550. The van der Waals surface area contributed by atoms with E-state index in [4.69, 9.17) is 4.74 Å². The molecule has 0 aromatic carbocycles. The predicted molar refractivity (Wildman–Crippen MR) is 108 cm³/mol. The van der Waals surface area contributed by atoms with E-state index in [1.165, 1.54) is 11.0 Å². The van der Waals surface area contributed by atoms with Gasteiger partial charge in [0, 0.05) is 13.1 Å². The van der Waals surface area contributed by atoms with Crippen LogP contribution in [0.4, 0.5) is 0 Å². The van der Waals surface area contributed by atoms with Gasteiger partial charge in [0.1, 0.15) is 19.0 Å². The number of nitrogens with zero attached hydrogens (tertiary/aromatic N) is 8. The number of ether oxygens (including phenoxy) is 1. The van der Waals surface area contributed by atoms with Gasteiger partial charge in [-0.2, -0.15) is 9.78 Å². The van der Waals surface area contributed by atoms with E-state index in [0.717, 1.165) is 19.3 Å². The number of piperidine rings is 1. The van der Waals surface area contributed by atoms with Crippen LogP contribution < -0.4 is 0 Å². The fourth-order valence-electron chi connectivity index (χ4n) is 4.69. The number of hydrogen-bond acceptors (Lipinski definition) is 10. The SMILES string of the molecule is CC1=C(N2CCC3(CCN(C[C@H](O)c4ccc(-n5cnnn5)nn4)CC3)C2=O)COC1=O. The molecule has 1 atom stereocenters. The van der Waals surface area contributed by atoms with Crippen LogP contribution in [0.15, 0.2) is 29.7 Å². The maximum Gasteiger partial charge on any atom is 0.336 e. The average Bonchev–Trinajstić information content (AvgIpc) is 3.53. The first-order valence-electron chi connectivity index (χ1n) is 10.6. The number of aliphatic hydroxyl groups is 1. The third kappa shape index (κ3) is 3.54. The van der Waals surface area contributed by atoms with Crippen LogP contribution in [0.5, 0.6) is 0 Å². The molecule has 3 aliphatic heterocycles. The number of cyclic esters (lactones) is 1. The molecule has 12 heteroatoms. The molecule has 12 nitrogen and oxygen atoms in total. The summed E-state index contributed by atoms with van der Waals surface area (Å²) in [6.07, 6.45) is 2.85. The van der Waals surface area contributed by atoms with Crippen molar-refractivity contribution in [3.05, 3.63) is 35.4 Å². The Hall–Kier alpha value is -3.25. The second-order valence-corrected chi connectivity index (χ2v) is 8.52. The molecule has 1 amide bonds. The molecule has 0 radical (unpaired) electrons. The Morgan fingerprint density at radius 1 is 1.16 bits per heavy atom. The van der Waals surface area contributed by atoms with Crippen molar-refractivity contribution in [1.82, 2.24) is 40.2 Å². The first-order chi connectivity index (χ1) is 15.5. The maximum atomic E-state index is 13.2. The van der Waals surface area contributed by atoms with Gasteiger partial charge in [-0.25, -0.2) is 4.79 Å². The number of likely N-dealkylation sites (tertiary alicyclic amines) is 2. The van der Waals surface area contributed by atoms with Crippen LogP contribution >= 0.6 is 0 Å². The minimum Gasteiger partial charge on any atom is -0.456 e. The lowest BCUT2D eigenvalue weighted by Gasteiger charge is -2.38. The van der Waals surface area contributed by atoms with Crippen LogP contribution in [-0.4, -0.2) is 90.0 Å². The van der Waals surface area contributed by atoms with Crippen LogP contribution in [0.3, 0.4) is 0 Å². The van der Waals surface area contributed by atoms with Crippen molar-refractivity contribution in [2.24, 2.45) is 5.41 Å². The number of tetrazole rings is 1. The van der Waals surface area contributed by atoms with Crippen LogP contribution in [0, 0.1) is 5.41 Å². The first kappa shape index (κ1) is 20.6. The van der Waals surface area contributed by atoms with Crippen molar-refractivity contribution in [1.29, 1.82) is 0 Å². The number of β-amino-alcohol motifs (C(OH)–C–C–N with tert-alkyl or cyclic N) is 1. The second kappa shape index (κ2) is 8.02. The Morgan fingerprint density at radius 2 is 1.94 bits per heavy atom. The third-order valence-electron chi connectivity index (χ3n) is 6.76. The normalized spacial score (nSPS) is 22.1. The van der Waals surface area contributed by atoms with E-state index >= 15 is 0 Å².